The van der Waals surface area contributed by atoms with Crippen LogP contribution in [-0.2, 0) is 9.59 Å². The summed E-state index contributed by atoms with van der Waals surface area (Å²) in [6, 6.07) is 0. The van der Waals surface area contributed by atoms with Crippen LogP contribution in [0.5, 0.6) is 0 Å². The fourth-order valence-electron chi connectivity index (χ4n) is 0.499. The van der Waals surface area contributed by atoms with Gasteiger partial charge in [0, 0.05) is 12.3 Å². The Balaban J connectivity index is 3.26. The molecule has 0 bridgehead atoms. The minimum absolute atomic E-state index is 0.0360. The zero-order valence-corrected chi connectivity index (χ0v) is 5.89. The number of hydrogen-bond donors (Lipinski definition) is 0. The second kappa shape index (κ2) is 4.24. The topological polar surface area (TPSA) is 34.1 Å². The standard InChI is InChI=1S/C7H12O2/c1-6(5-8)3-4-7(2)9/h5-6H,3-4H2,1-2H3/t6-/m1/s1. The molecule has 52 valence electrons. The summed E-state index contributed by atoms with van der Waals surface area (Å²) in [7, 11) is 0. The molecule has 0 aromatic rings. The molecule has 1 atom stereocenters. The van der Waals surface area contributed by atoms with Gasteiger partial charge in [-0.2, -0.15) is 0 Å². The van der Waals surface area contributed by atoms with Gasteiger partial charge in [-0.15, -0.1) is 0 Å². The van der Waals surface area contributed by atoms with E-state index < -0.39 is 0 Å². The van der Waals surface area contributed by atoms with Crippen molar-refractivity contribution in [3.8, 4) is 0 Å². The molecule has 0 aromatic carbocycles. The average Bonchev–Trinajstić information content (AvgIpc) is 1.83. The first-order valence-corrected chi connectivity index (χ1v) is 3.11. The predicted octanol–water partition coefficient (Wildman–Crippen LogP) is 1.19. The molecule has 0 saturated carbocycles. The van der Waals surface area contributed by atoms with Crippen LogP contribution in [-0.4, -0.2) is 12.1 Å². The predicted molar refractivity (Wildman–Crippen MR) is 35.1 cm³/mol. The van der Waals surface area contributed by atoms with E-state index in [-0.39, 0.29) is 11.7 Å². The maximum absolute atomic E-state index is 10.3. The first-order valence-electron chi connectivity index (χ1n) is 3.11. The van der Waals surface area contributed by atoms with Gasteiger partial charge in [-0.05, 0) is 13.3 Å². The number of ketones is 1. The van der Waals surface area contributed by atoms with Crippen molar-refractivity contribution in [2.24, 2.45) is 5.92 Å². The molecule has 0 aromatic heterocycles. The highest BCUT2D eigenvalue weighted by Crippen LogP contribution is 2.01. The zero-order valence-electron chi connectivity index (χ0n) is 5.89. The fraction of sp³-hybridized carbons (Fsp3) is 0.714. The summed E-state index contributed by atoms with van der Waals surface area (Å²) in [5.74, 6) is 0.192. The summed E-state index contributed by atoms with van der Waals surface area (Å²) >= 11 is 0. The molecule has 0 saturated heterocycles. The van der Waals surface area contributed by atoms with E-state index in [0.717, 1.165) is 6.29 Å². The molecule has 2 heteroatoms. The fourth-order valence-corrected chi connectivity index (χ4v) is 0.499. The van der Waals surface area contributed by atoms with Gasteiger partial charge >= 0.3 is 0 Å². The average molecular weight is 128 g/mol. The number of rotatable bonds is 4. The molecule has 2 nitrogen and oxygen atoms in total. The number of carbonyl (C=O) groups is 2. The van der Waals surface area contributed by atoms with Crippen LogP contribution in [0.1, 0.15) is 26.7 Å². The van der Waals surface area contributed by atoms with Gasteiger partial charge in [-0.25, -0.2) is 0 Å². The minimum atomic E-state index is 0.0360. The summed E-state index contributed by atoms with van der Waals surface area (Å²) in [5, 5.41) is 0. The van der Waals surface area contributed by atoms with Crippen LogP contribution in [0.4, 0.5) is 0 Å². The quantitative estimate of drug-likeness (QED) is 0.533. The molecule has 0 aliphatic carbocycles. The summed E-state index contributed by atoms with van der Waals surface area (Å²) in [4.78, 5) is 20.4. The highest BCUT2D eigenvalue weighted by molar-refractivity contribution is 5.75. The summed E-state index contributed by atoms with van der Waals surface area (Å²) in [6.45, 7) is 3.35. The van der Waals surface area contributed by atoms with Crippen molar-refractivity contribution in [1.82, 2.24) is 0 Å². The lowest BCUT2D eigenvalue weighted by Gasteiger charge is -1.97. The Morgan fingerprint density at radius 3 is 2.56 bits per heavy atom. The Labute approximate surface area is 55.3 Å². The van der Waals surface area contributed by atoms with Crippen molar-refractivity contribution >= 4 is 12.1 Å². The SMILES string of the molecule is CC(=O)CC[C@@H](C)C=O. The minimum Gasteiger partial charge on any atom is -0.303 e. The third-order valence-electron chi connectivity index (χ3n) is 1.18. The smallest absolute Gasteiger partial charge is 0.129 e. The molecule has 0 spiro atoms. The van der Waals surface area contributed by atoms with E-state index in [1.807, 2.05) is 6.92 Å². The largest absolute Gasteiger partial charge is 0.303 e. The van der Waals surface area contributed by atoms with E-state index in [4.69, 9.17) is 0 Å². The van der Waals surface area contributed by atoms with Gasteiger partial charge in [0.25, 0.3) is 0 Å². The van der Waals surface area contributed by atoms with Crippen molar-refractivity contribution in [2.45, 2.75) is 26.7 Å². The second-order valence-corrected chi connectivity index (χ2v) is 2.35. The molecule has 0 aliphatic heterocycles. The van der Waals surface area contributed by atoms with Crippen molar-refractivity contribution in [2.75, 3.05) is 0 Å². The first-order chi connectivity index (χ1) is 4.16. The summed E-state index contributed by atoms with van der Waals surface area (Å²) < 4.78 is 0. The van der Waals surface area contributed by atoms with E-state index in [1.54, 1.807) is 0 Å². The Morgan fingerprint density at radius 1 is 1.67 bits per heavy atom. The molecule has 0 unspecified atom stereocenters. The van der Waals surface area contributed by atoms with E-state index in [2.05, 4.69) is 0 Å². The molecular weight excluding hydrogens is 116 g/mol. The Hall–Kier alpha value is -0.660. The lowest BCUT2D eigenvalue weighted by Crippen LogP contribution is -1.99. The molecule has 0 heterocycles. The molecule has 0 amide bonds. The van der Waals surface area contributed by atoms with Crippen molar-refractivity contribution < 1.29 is 9.59 Å². The van der Waals surface area contributed by atoms with Crippen molar-refractivity contribution in [3.05, 3.63) is 0 Å². The van der Waals surface area contributed by atoms with E-state index in [9.17, 15) is 9.59 Å². The van der Waals surface area contributed by atoms with E-state index in [1.165, 1.54) is 6.92 Å². The molecule has 0 aliphatic rings. The number of aldehydes is 1. The van der Waals surface area contributed by atoms with Gasteiger partial charge in [-0.3, -0.25) is 0 Å². The lowest BCUT2D eigenvalue weighted by molar-refractivity contribution is -0.117. The zero-order chi connectivity index (χ0) is 7.28. The maximum atomic E-state index is 10.3. The van der Waals surface area contributed by atoms with Crippen LogP contribution in [0.3, 0.4) is 0 Å². The van der Waals surface area contributed by atoms with Crippen LogP contribution in [0.15, 0.2) is 0 Å². The molecule has 0 rings (SSSR count). The number of hydrogen-bond acceptors (Lipinski definition) is 2. The molecule has 0 fully saturated rings. The lowest BCUT2D eigenvalue weighted by atomic mass is 10.1. The second-order valence-electron chi connectivity index (χ2n) is 2.35. The van der Waals surface area contributed by atoms with Gasteiger partial charge in [0.2, 0.25) is 0 Å². The molecular formula is C7H12O2. The molecule has 0 radical (unpaired) electrons. The van der Waals surface area contributed by atoms with Crippen molar-refractivity contribution in [3.63, 3.8) is 0 Å². The normalized spacial score (nSPS) is 12.7. The highest BCUT2D eigenvalue weighted by Gasteiger charge is 2.00. The summed E-state index contributed by atoms with van der Waals surface area (Å²) in [6.07, 6.45) is 2.10. The monoisotopic (exact) mass is 128 g/mol. The van der Waals surface area contributed by atoms with Gasteiger partial charge in [-0.1, -0.05) is 6.92 Å². The van der Waals surface area contributed by atoms with Gasteiger partial charge < -0.3 is 9.59 Å². The number of carbonyl (C=O) groups excluding carboxylic acids is 2. The van der Waals surface area contributed by atoms with Crippen LogP contribution in [0.2, 0.25) is 0 Å². The number of Topliss-reactive ketones (excluding diaryl/α,β-unsaturated/α-hetero) is 1. The Morgan fingerprint density at radius 2 is 2.22 bits per heavy atom. The first kappa shape index (κ1) is 8.34. The maximum Gasteiger partial charge on any atom is 0.129 e. The van der Waals surface area contributed by atoms with Crippen LogP contribution >= 0.6 is 0 Å². The highest BCUT2D eigenvalue weighted by atomic mass is 16.1. The van der Waals surface area contributed by atoms with Crippen LogP contribution in [0, 0.1) is 5.92 Å². The molecule has 9 heavy (non-hydrogen) atoms. The third-order valence-corrected chi connectivity index (χ3v) is 1.18. The molecule has 0 N–H and O–H groups in total. The Kier molecular flexibility index (Phi) is 3.93. The van der Waals surface area contributed by atoms with E-state index in [0.29, 0.717) is 12.8 Å². The summed E-state index contributed by atoms with van der Waals surface area (Å²) in [5.41, 5.74) is 0. The van der Waals surface area contributed by atoms with Gasteiger partial charge in [0.1, 0.15) is 12.1 Å². The Bertz CT molecular complexity index is 107. The van der Waals surface area contributed by atoms with Crippen molar-refractivity contribution in [1.29, 1.82) is 0 Å². The van der Waals surface area contributed by atoms with Gasteiger partial charge in [0.05, 0.1) is 0 Å². The third kappa shape index (κ3) is 5.21. The van der Waals surface area contributed by atoms with Crippen LogP contribution < -0.4 is 0 Å². The van der Waals surface area contributed by atoms with E-state index >= 15 is 0 Å². The van der Waals surface area contributed by atoms with Crippen LogP contribution in [0.25, 0.3) is 0 Å². The van der Waals surface area contributed by atoms with Gasteiger partial charge in [0.15, 0.2) is 0 Å².